The summed E-state index contributed by atoms with van der Waals surface area (Å²) in [6, 6.07) is 8.32. The van der Waals surface area contributed by atoms with Crippen LogP contribution < -0.4 is 0 Å². The summed E-state index contributed by atoms with van der Waals surface area (Å²) in [5.74, 6) is 0.0769. The van der Waals surface area contributed by atoms with E-state index in [0.29, 0.717) is 5.92 Å². The Morgan fingerprint density at radius 2 is 2.07 bits per heavy atom. The van der Waals surface area contributed by atoms with E-state index in [0.717, 1.165) is 12.8 Å². The van der Waals surface area contributed by atoms with E-state index in [1.165, 1.54) is 11.1 Å². The van der Waals surface area contributed by atoms with Crippen LogP contribution in [0.15, 0.2) is 24.3 Å². The minimum atomic E-state index is -0.635. The zero-order valence-corrected chi connectivity index (χ0v) is 8.73. The SMILES string of the molecule is C[C@@]1(C(=O)O)C[C@@H]2C[C@H]1c1ccccc12. The summed E-state index contributed by atoms with van der Waals surface area (Å²) in [6.07, 6.45) is 1.84. The minimum Gasteiger partial charge on any atom is -0.481 e. The number of aliphatic carboxylic acids is 1. The van der Waals surface area contributed by atoms with E-state index in [2.05, 4.69) is 18.2 Å². The van der Waals surface area contributed by atoms with Crippen molar-refractivity contribution in [3.8, 4) is 0 Å². The number of carbonyl (C=O) groups is 1. The fourth-order valence-electron chi connectivity index (χ4n) is 3.43. The molecule has 3 rings (SSSR count). The number of benzene rings is 1. The first-order valence-corrected chi connectivity index (χ1v) is 5.45. The van der Waals surface area contributed by atoms with Crippen LogP contribution in [0.2, 0.25) is 0 Å². The third kappa shape index (κ3) is 0.969. The van der Waals surface area contributed by atoms with Gasteiger partial charge in [0.15, 0.2) is 0 Å². The van der Waals surface area contributed by atoms with Gasteiger partial charge in [0.1, 0.15) is 0 Å². The largest absolute Gasteiger partial charge is 0.481 e. The zero-order valence-electron chi connectivity index (χ0n) is 8.73. The van der Waals surface area contributed by atoms with Crippen molar-refractivity contribution in [3.63, 3.8) is 0 Å². The molecule has 0 unspecified atom stereocenters. The summed E-state index contributed by atoms with van der Waals surface area (Å²) >= 11 is 0. The number of carboxylic acids is 1. The summed E-state index contributed by atoms with van der Waals surface area (Å²) in [5.41, 5.74) is 2.14. The Labute approximate surface area is 88.9 Å². The van der Waals surface area contributed by atoms with Crippen molar-refractivity contribution >= 4 is 5.97 Å². The van der Waals surface area contributed by atoms with Gasteiger partial charge in [-0.2, -0.15) is 0 Å². The monoisotopic (exact) mass is 202 g/mol. The third-order valence-electron chi connectivity index (χ3n) is 4.26. The van der Waals surface area contributed by atoms with Gasteiger partial charge in [0.05, 0.1) is 5.41 Å². The summed E-state index contributed by atoms with van der Waals surface area (Å²) in [4.78, 5) is 11.3. The average molecular weight is 202 g/mol. The second-order valence-electron chi connectivity index (χ2n) is 5.04. The second-order valence-corrected chi connectivity index (χ2v) is 5.04. The second kappa shape index (κ2) is 2.63. The lowest BCUT2D eigenvalue weighted by Crippen LogP contribution is -2.32. The van der Waals surface area contributed by atoms with Crippen molar-refractivity contribution in [2.75, 3.05) is 0 Å². The Morgan fingerprint density at radius 1 is 1.40 bits per heavy atom. The fourth-order valence-corrected chi connectivity index (χ4v) is 3.43. The minimum absolute atomic E-state index is 0.233. The van der Waals surface area contributed by atoms with Gasteiger partial charge in [0.2, 0.25) is 0 Å². The first-order valence-electron chi connectivity index (χ1n) is 5.45. The molecule has 78 valence electrons. The van der Waals surface area contributed by atoms with Crippen molar-refractivity contribution in [1.29, 1.82) is 0 Å². The molecule has 0 radical (unpaired) electrons. The molecule has 2 nitrogen and oxygen atoms in total. The summed E-state index contributed by atoms with van der Waals surface area (Å²) < 4.78 is 0. The Kier molecular flexibility index (Phi) is 1.57. The van der Waals surface area contributed by atoms with Crippen LogP contribution >= 0.6 is 0 Å². The molecule has 1 aromatic carbocycles. The van der Waals surface area contributed by atoms with Gasteiger partial charge >= 0.3 is 5.97 Å². The average Bonchev–Trinajstić information content (AvgIpc) is 2.74. The van der Waals surface area contributed by atoms with Crippen molar-refractivity contribution in [2.45, 2.75) is 31.6 Å². The van der Waals surface area contributed by atoms with E-state index >= 15 is 0 Å². The highest BCUT2D eigenvalue weighted by atomic mass is 16.4. The Morgan fingerprint density at radius 3 is 2.73 bits per heavy atom. The molecule has 2 aliphatic carbocycles. The fraction of sp³-hybridized carbons (Fsp3) is 0.462. The number of hydrogen-bond donors (Lipinski definition) is 1. The number of carboxylic acid groups (broad SMARTS) is 1. The van der Waals surface area contributed by atoms with E-state index < -0.39 is 11.4 Å². The zero-order chi connectivity index (χ0) is 10.6. The number of rotatable bonds is 1. The van der Waals surface area contributed by atoms with Gasteiger partial charge in [0.25, 0.3) is 0 Å². The van der Waals surface area contributed by atoms with Gasteiger partial charge in [-0.3, -0.25) is 4.79 Å². The van der Waals surface area contributed by atoms with E-state index in [1.54, 1.807) is 0 Å². The summed E-state index contributed by atoms with van der Waals surface area (Å²) in [7, 11) is 0. The van der Waals surface area contributed by atoms with Gasteiger partial charge in [-0.05, 0) is 36.8 Å². The van der Waals surface area contributed by atoms with Gasteiger partial charge in [-0.1, -0.05) is 24.3 Å². The lowest BCUT2D eigenvalue weighted by Gasteiger charge is -2.31. The molecular weight excluding hydrogens is 188 g/mol. The first kappa shape index (κ1) is 8.96. The highest BCUT2D eigenvalue weighted by Gasteiger charge is 2.55. The Hall–Kier alpha value is -1.31. The van der Waals surface area contributed by atoms with Crippen LogP contribution in [0.25, 0.3) is 0 Å². The molecule has 2 bridgehead atoms. The predicted molar refractivity (Wildman–Crippen MR) is 56.9 cm³/mol. The van der Waals surface area contributed by atoms with Crippen LogP contribution in [0.5, 0.6) is 0 Å². The van der Waals surface area contributed by atoms with Crippen LogP contribution in [-0.2, 0) is 4.79 Å². The molecule has 0 heterocycles. The molecular formula is C13H14O2. The molecule has 15 heavy (non-hydrogen) atoms. The maximum atomic E-state index is 11.3. The third-order valence-corrected chi connectivity index (χ3v) is 4.26. The standard InChI is InChI=1S/C13H14O2/c1-13(12(14)15)7-8-6-11(13)10-5-3-2-4-9(8)10/h2-5,8,11H,6-7H2,1H3,(H,14,15)/t8-,11-,13+/m0/s1. The smallest absolute Gasteiger partial charge is 0.309 e. The molecule has 2 heteroatoms. The van der Waals surface area contributed by atoms with E-state index in [9.17, 15) is 9.90 Å². The summed E-state index contributed by atoms with van der Waals surface area (Å²) in [5, 5.41) is 9.32. The highest BCUT2D eigenvalue weighted by Crippen LogP contribution is 2.62. The first-order chi connectivity index (χ1) is 7.13. The van der Waals surface area contributed by atoms with Gasteiger partial charge in [0, 0.05) is 5.92 Å². The molecule has 3 atom stereocenters. The van der Waals surface area contributed by atoms with E-state index in [-0.39, 0.29) is 5.92 Å². The van der Waals surface area contributed by atoms with Crippen LogP contribution in [0.1, 0.15) is 42.7 Å². The lowest BCUT2D eigenvalue weighted by atomic mass is 9.72. The molecule has 0 aliphatic heterocycles. The van der Waals surface area contributed by atoms with Crippen LogP contribution in [0, 0.1) is 5.41 Å². The van der Waals surface area contributed by atoms with Crippen molar-refractivity contribution in [3.05, 3.63) is 35.4 Å². The molecule has 0 amide bonds. The maximum Gasteiger partial charge on any atom is 0.309 e. The molecule has 1 N–H and O–H groups in total. The number of hydrogen-bond acceptors (Lipinski definition) is 1. The quantitative estimate of drug-likeness (QED) is 0.760. The van der Waals surface area contributed by atoms with E-state index in [1.807, 2.05) is 13.0 Å². The molecule has 1 aromatic rings. The van der Waals surface area contributed by atoms with E-state index in [4.69, 9.17) is 0 Å². The van der Waals surface area contributed by atoms with Crippen LogP contribution in [-0.4, -0.2) is 11.1 Å². The Balaban J connectivity index is 2.13. The molecule has 1 fully saturated rings. The van der Waals surface area contributed by atoms with Crippen molar-refractivity contribution in [1.82, 2.24) is 0 Å². The van der Waals surface area contributed by atoms with Gasteiger partial charge < -0.3 is 5.11 Å². The van der Waals surface area contributed by atoms with Crippen molar-refractivity contribution < 1.29 is 9.90 Å². The maximum absolute atomic E-state index is 11.3. The van der Waals surface area contributed by atoms with Gasteiger partial charge in [-0.15, -0.1) is 0 Å². The Bertz CT molecular complexity index is 438. The lowest BCUT2D eigenvalue weighted by molar-refractivity contribution is -0.148. The van der Waals surface area contributed by atoms with Crippen molar-refractivity contribution in [2.24, 2.45) is 5.41 Å². The predicted octanol–water partition coefficient (Wildman–Crippen LogP) is 2.75. The topological polar surface area (TPSA) is 37.3 Å². The summed E-state index contributed by atoms with van der Waals surface area (Å²) in [6.45, 7) is 1.90. The molecule has 0 aromatic heterocycles. The normalized spacial score (nSPS) is 36.6. The molecule has 0 saturated heterocycles. The molecule has 1 saturated carbocycles. The highest BCUT2D eigenvalue weighted by molar-refractivity contribution is 5.77. The van der Waals surface area contributed by atoms with Crippen LogP contribution in [0.4, 0.5) is 0 Å². The molecule has 0 spiro atoms. The van der Waals surface area contributed by atoms with Gasteiger partial charge in [-0.25, -0.2) is 0 Å². The van der Waals surface area contributed by atoms with Crippen LogP contribution in [0.3, 0.4) is 0 Å². The number of fused-ring (bicyclic) bond motifs is 5. The molecule has 2 aliphatic rings.